The van der Waals surface area contributed by atoms with E-state index in [9.17, 15) is 21.6 Å². The van der Waals surface area contributed by atoms with E-state index in [0.29, 0.717) is 5.56 Å². The zero-order chi connectivity index (χ0) is 15.7. The van der Waals surface area contributed by atoms with Gasteiger partial charge in [0.2, 0.25) is 10.0 Å². The van der Waals surface area contributed by atoms with Gasteiger partial charge in [-0.15, -0.1) is 13.2 Å². The molecule has 0 atom stereocenters. The maximum Gasteiger partial charge on any atom is 0.573 e. The molecule has 4 nitrogen and oxygen atoms in total. The number of nitrogens with two attached hydrogens (primary N) is 1. The van der Waals surface area contributed by atoms with Gasteiger partial charge in [0.05, 0.1) is 4.90 Å². The minimum Gasteiger partial charge on any atom is -0.405 e. The second-order valence-corrected chi connectivity index (χ2v) is 5.68. The fourth-order valence-corrected chi connectivity index (χ4v) is 2.27. The molecule has 0 radical (unpaired) electrons. The Morgan fingerprint density at radius 3 is 2.14 bits per heavy atom. The molecule has 2 aromatic carbocycles. The first kappa shape index (κ1) is 15.3. The van der Waals surface area contributed by atoms with Crippen molar-refractivity contribution >= 4 is 10.0 Å². The minimum absolute atomic E-state index is 0.111. The zero-order valence-electron chi connectivity index (χ0n) is 10.5. The van der Waals surface area contributed by atoms with Gasteiger partial charge in [0, 0.05) is 11.6 Å². The second kappa shape index (κ2) is 5.38. The molecule has 0 aliphatic heterocycles. The van der Waals surface area contributed by atoms with Gasteiger partial charge in [0.15, 0.2) is 0 Å². The number of halogens is 3. The summed E-state index contributed by atoms with van der Waals surface area (Å²) in [6, 6.07) is 11.2. The molecule has 0 aliphatic carbocycles. The predicted molar refractivity (Wildman–Crippen MR) is 69.9 cm³/mol. The SMILES string of the molecule is NS(=O)(=O)c1ccc(-c2ccccc2)c(OC(F)(F)F)c1. The van der Waals surface area contributed by atoms with Crippen LogP contribution in [0.15, 0.2) is 53.4 Å². The van der Waals surface area contributed by atoms with Crippen molar-refractivity contribution in [3.8, 4) is 16.9 Å². The largest absolute Gasteiger partial charge is 0.573 e. The van der Waals surface area contributed by atoms with Crippen LogP contribution in [-0.4, -0.2) is 14.8 Å². The van der Waals surface area contributed by atoms with E-state index < -0.39 is 27.0 Å². The molecule has 0 aromatic heterocycles. The summed E-state index contributed by atoms with van der Waals surface area (Å²) in [6.07, 6.45) is -4.94. The van der Waals surface area contributed by atoms with E-state index in [1.54, 1.807) is 30.3 Å². The summed E-state index contributed by atoms with van der Waals surface area (Å²) in [5, 5.41) is 4.91. The molecule has 0 bridgehead atoms. The fraction of sp³-hybridized carbons (Fsp3) is 0.0769. The molecule has 2 aromatic rings. The Hall–Kier alpha value is -2.06. The molecular formula is C13H10F3NO3S. The van der Waals surface area contributed by atoms with Crippen molar-refractivity contribution in [2.45, 2.75) is 11.3 Å². The van der Waals surface area contributed by atoms with Crippen LogP contribution in [0.25, 0.3) is 11.1 Å². The third-order valence-corrected chi connectivity index (χ3v) is 3.50. The van der Waals surface area contributed by atoms with Gasteiger partial charge in [0.1, 0.15) is 5.75 Å². The summed E-state index contributed by atoms with van der Waals surface area (Å²) in [6.45, 7) is 0. The lowest BCUT2D eigenvalue weighted by Gasteiger charge is -2.14. The third-order valence-electron chi connectivity index (χ3n) is 2.59. The van der Waals surface area contributed by atoms with Gasteiger partial charge in [-0.3, -0.25) is 0 Å². The Bertz CT molecular complexity index is 743. The molecule has 0 unspecified atom stereocenters. The molecule has 2 N–H and O–H groups in total. The smallest absolute Gasteiger partial charge is 0.405 e. The summed E-state index contributed by atoms with van der Waals surface area (Å²) >= 11 is 0. The van der Waals surface area contributed by atoms with Gasteiger partial charge in [-0.25, -0.2) is 13.6 Å². The van der Waals surface area contributed by atoms with Crippen LogP contribution in [0.2, 0.25) is 0 Å². The van der Waals surface area contributed by atoms with Crippen molar-refractivity contribution < 1.29 is 26.3 Å². The highest BCUT2D eigenvalue weighted by atomic mass is 32.2. The number of hydrogen-bond donors (Lipinski definition) is 1. The van der Waals surface area contributed by atoms with Crippen molar-refractivity contribution in [2.24, 2.45) is 5.14 Å². The van der Waals surface area contributed by atoms with Gasteiger partial charge in [-0.2, -0.15) is 0 Å². The number of hydrogen-bond acceptors (Lipinski definition) is 3. The Morgan fingerprint density at radius 2 is 1.62 bits per heavy atom. The molecule has 2 rings (SSSR count). The molecule has 0 saturated carbocycles. The van der Waals surface area contributed by atoms with Gasteiger partial charge in [0.25, 0.3) is 0 Å². The highest BCUT2D eigenvalue weighted by Crippen LogP contribution is 2.35. The number of sulfonamides is 1. The van der Waals surface area contributed by atoms with Gasteiger partial charge in [-0.05, 0) is 17.7 Å². The molecule has 0 aliphatic rings. The molecule has 0 fully saturated rings. The molecule has 21 heavy (non-hydrogen) atoms. The van der Waals surface area contributed by atoms with Crippen LogP contribution >= 0.6 is 0 Å². The van der Waals surface area contributed by atoms with Crippen LogP contribution in [0, 0.1) is 0 Å². The molecular weight excluding hydrogens is 307 g/mol. The quantitative estimate of drug-likeness (QED) is 0.946. The lowest BCUT2D eigenvalue weighted by molar-refractivity contribution is -0.274. The normalized spacial score (nSPS) is 12.2. The van der Waals surface area contributed by atoms with Crippen LogP contribution in [0.4, 0.5) is 13.2 Å². The average molecular weight is 317 g/mol. The van der Waals surface area contributed by atoms with E-state index in [0.717, 1.165) is 12.1 Å². The summed E-state index contributed by atoms with van der Waals surface area (Å²) in [4.78, 5) is -0.457. The number of ether oxygens (including phenoxy) is 1. The standard InChI is InChI=1S/C13H10F3NO3S/c14-13(15,16)20-12-8-10(21(17,18)19)6-7-11(12)9-4-2-1-3-5-9/h1-8H,(H2,17,18,19). The first-order valence-corrected chi connectivity index (χ1v) is 7.19. The second-order valence-electron chi connectivity index (χ2n) is 4.12. The van der Waals surface area contributed by atoms with Crippen LogP contribution in [0.5, 0.6) is 5.75 Å². The lowest BCUT2D eigenvalue weighted by atomic mass is 10.1. The van der Waals surface area contributed by atoms with Gasteiger partial charge >= 0.3 is 6.36 Å². The maximum atomic E-state index is 12.5. The topological polar surface area (TPSA) is 69.4 Å². The molecule has 8 heteroatoms. The minimum atomic E-state index is -4.94. The predicted octanol–water partition coefficient (Wildman–Crippen LogP) is 2.90. The van der Waals surface area contributed by atoms with Crippen LogP contribution in [0.1, 0.15) is 0 Å². The Morgan fingerprint density at radius 1 is 1.00 bits per heavy atom. The van der Waals surface area contributed by atoms with E-state index in [1.165, 1.54) is 6.07 Å². The van der Waals surface area contributed by atoms with Crippen LogP contribution in [-0.2, 0) is 10.0 Å². The summed E-state index contributed by atoms with van der Waals surface area (Å²) in [5.74, 6) is -0.625. The highest BCUT2D eigenvalue weighted by Gasteiger charge is 2.32. The van der Waals surface area contributed by atoms with Gasteiger partial charge in [-0.1, -0.05) is 30.3 Å². The van der Waals surface area contributed by atoms with Gasteiger partial charge < -0.3 is 4.74 Å². The number of benzene rings is 2. The average Bonchev–Trinajstić information content (AvgIpc) is 2.36. The van der Waals surface area contributed by atoms with E-state index in [4.69, 9.17) is 5.14 Å². The van der Waals surface area contributed by atoms with E-state index in [2.05, 4.69) is 4.74 Å². The Kier molecular flexibility index (Phi) is 3.93. The number of primary sulfonamides is 1. The first-order chi connectivity index (χ1) is 9.67. The molecule has 0 spiro atoms. The van der Waals surface area contributed by atoms with Crippen molar-refractivity contribution in [1.82, 2.24) is 0 Å². The monoisotopic (exact) mass is 317 g/mol. The van der Waals surface area contributed by atoms with Crippen molar-refractivity contribution in [1.29, 1.82) is 0 Å². The molecule has 0 amide bonds. The lowest BCUT2D eigenvalue weighted by Crippen LogP contribution is -2.18. The van der Waals surface area contributed by atoms with Crippen molar-refractivity contribution in [2.75, 3.05) is 0 Å². The Balaban J connectivity index is 2.60. The molecule has 0 heterocycles. The number of alkyl halides is 3. The third kappa shape index (κ3) is 3.96. The van der Waals surface area contributed by atoms with E-state index in [1.807, 2.05) is 0 Å². The highest BCUT2D eigenvalue weighted by molar-refractivity contribution is 7.89. The maximum absolute atomic E-state index is 12.5. The first-order valence-electron chi connectivity index (χ1n) is 5.65. The van der Waals surface area contributed by atoms with Crippen molar-refractivity contribution in [3.63, 3.8) is 0 Å². The van der Waals surface area contributed by atoms with E-state index >= 15 is 0 Å². The summed E-state index contributed by atoms with van der Waals surface area (Å²) in [7, 11) is -4.13. The van der Waals surface area contributed by atoms with Crippen LogP contribution < -0.4 is 9.88 Å². The zero-order valence-corrected chi connectivity index (χ0v) is 11.3. The van der Waals surface area contributed by atoms with Crippen molar-refractivity contribution in [3.05, 3.63) is 48.5 Å². The fourth-order valence-electron chi connectivity index (χ4n) is 1.74. The summed E-state index contributed by atoms with van der Waals surface area (Å²) in [5.41, 5.74) is 0.568. The number of rotatable bonds is 3. The van der Waals surface area contributed by atoms with Crippen LogP contribution in [0.3, 0.4) is 0 Å². The summed E-state index contributed by atoms with van der Waals surface area (Å²) < 4.78 is 63.8. The molecule has 112 valence electrons. The Labute approximate surface area is 119 Å². The van der Waals surface area contributed by atoms with E-state index in [-0.39, 0.29) is 5.56 Å². The molecule has 0 saturated heterocycles.